The highest BCUT2D eigenvalue weighted by molar-refractivity contribution is 6.46. The summed E-state index contributed by atoms with van der Waals surface area (Å²) in [6.45, 7) is 3.10. The van der Waals surface area contributed by atoms with Crippen molar-refractivity contribution in [2.45, 2.75) is 38.5 Å². The van der Waals surface area contributed by atoms with Crippen molar-refractivity contribution in [3.8, 4) is 5.75 Å². The summed E-state index contributed by atoms with van der Waals surface area (Å²) in [5.74, 6) is -0.586. The van der Waals surface area contributed by atoms with Crippen LogP contribution in [0.2, 0.25) is 0 Å². The van der Waals surface area contributed by atoms with Gasteiger partial charge >= 0.3 is 0 Å². The molecule has 33 heavy (non-hydrogen) atoms. The molecule has 2 N–H and O–H groups in total. The number of nitrogens with one attached hydrogen (secondary N) is 1. The number of imidazole rings is 1. The number of Topliss-reactive ketones (excluding diaryl/α,β-unsaturated/α-hetero) is 1. The van der Waals surface area contributed by atoms with E-state index in [1.807, 2.05) is 72.7 Å². The zero-order chi connectivity index (χ0) is 22.9. The Morgan fingerprint density at radius 1 is 1.21 bits per heavy atom. The van der Waals surface area contributed by atoms with Crippen LogP contribution in [-0.2, 0) is 22.6 Å². The number of carbonyl (C=O) groups excluding carboxylic acids is 2. The summed E-state index contributed by atoms with van der Waals surface area (Å²) in [4.78, 5) is 30.8. The van der Waals surface area contributed by atoms with Gasteiger partial charge in [-0.1, -0.05) is 30.3 Å². The Morgan fingerprint density at radius 3 is 2.79 bits per heavy atom. The first kappa shape index (κ1) is 21.0. The van der Waals surface area contributed by atoms with Gasteiger partial charge in [0.15, 0.2) is 0 Å². The zero-order valence-corrected chi connectivity index (χ0v) is 18.4. The number of hydrogen-bond acceptors (Lipinski definition) is 4. The SMILES string of the molecule is CC1Cc2cc(/C(O)=C3\C(=O)C(=O)N(CCC[n+]4cc[nH]c4)C3c3ccccc3)ccc2O1. The second-order valence-electron chi connectivity index (χ2n) is 8.56. The predicted octanol–water partition coefficient (Wildman–Crippen LogP) is 3.14. The quantitative estimate of drug-likeness (QED) is 0.265. The van der Waals surface area contributed by atoms with Crippen LogP contribution in [0.5, 0.6) is 5.75 Å². The zero-order valence-electron chi connectivity index (χ0n) is 18.4. The van der Waals surface area contributed by atoms with Crippen LogP contribution in [0.3, 0.4) is 0 Å². The van der Waals surface area contributed by atoms with Gasteiger partial charge in [0.25, 0.3) is 11.7 Å². The van der Waals surface area contributed by atoms with Crippen molar-refractivity contribution in [1.29, 1.82) is 0 Å². The third-order valence-electron chi connectivity index (χ3n) is 6.24. The van der Waals surface area contributed by atoms with E-state index in [0.717, 1.165) is 23.3 Å². The van der Waals surface area contributed by atoms with Crippen LogP contribution in [-0.4, -0.2) is 39.3 Å². The van der Waals surface area contributed by atoms with E-state index in [2.05, 4.69) is 4.98 Å². The van der Waals surface area contributed by atoms with Crippen LogP contribution in [0.15, 0.2) is 72.8 Å². The minimum atomic E-state index is -0.652. The average molecular weight is 445 g/mol. The number of carbonyl (C=O) groups is 2. The van der Waals surface area contributed by atoms with Gasteiger partial charge in [0, 0.05) is 24.9 Å². The van der Waals surface area contributed by atoms with Gasteiger partial charge in [-0.15, -0.1) is 0 Å². The highest BCUT2D eigenvalue weighted by atomic mass is 16.5. The second-order valence-corrected chi connectivity index (χ2v) is 8.56. The maximum Gasteiger partial charge on any atom is 0.295 e. The largest absolute Gasteiger partial charge is 0.507 e. The van der Waals surface area contributed by atoms with Crippen LogP contribution >= 0.6 is 0 Å². The number of aliphatic hydroxyl groups excluding tert-OH is 1. The monoisotopic (exact) mass is 444 g/mol. The predicted molar refractivity (Wildman–Crippen MR) is 121 cm³/mol. The molecule has 2 aromatic carbocycles. The molecule has 3 aromatic rings. The average Bonchev–Trinajstić information content (AvgIpc) is 3.53. The number of benzene rings is 2. The summed E-state index contributed by atoms with van der Waals surface area (Å²) in [7, 11) is 0. The Morgan fingerprint density at radius 2 is 2.03 bits per heavy atom. The number of nitrogens with zero attached hydrogens (tertiary/aromatic N) is 2. The molecule has 2 aliphatic heterocycles. The topological polar surface area (TPSA) is 86.5 Å². The second kappa shape index (κ2) is 8.58. The van der Waals surface area contributed by atoms with Crippen molar-refractivity contribution in [2.24, 2.45) is 0 Å². The van der Waals surface area contributed by atoms with Crippen molar-refractivity contribution in [1.82, 2.24) is 9.88 Å². The number of aliphatic hydroxyl groups is 1. The molecule has 0 bridgehead atoms. The van der Waals surface area contributed by atoms with E-state index in [-0.39, 0.29) is 17.4 Å². The third-order valence-corrected chi connectivity index (χ3v) is 6.24. The number of amides is 1. The molecule has 168 valence electrons. The molecule has 0 aliphatic carbocycles. The number of ketones is 1. The first-order chi connectivity index (χ1) is 16.0. The fourth-order valence-corrected chi connectivity index (χ4v) is 4.70. The number of hydrogen-bond donors (Lipinski definition) is 2. The fraction of sp³-hybridized carbons (Fsp3) is 0.269. The molecule has 1 saturated heterocycles. The number of aryl methyl sites for hydroxylation is 1. The molecule has 2 aliphatic rings. The summed E-state index contributed by atoms with van der Waals surface area (Å²) >= 11 is 0. The van der Waals surface area contributed by atoms with Gasteiger partial charge in [-0.25, -0.2) is 4.57 Å². The first-order valence-corrected chi connectivity index (χ1v) is 11.2. The molecule has 2 atom stereocenters. The molecular weight excluding hydrogens is 418 g/mol. The number of likely N-dealkylation sites (tertiary alicyclic amines) is 1. The lowest BCUT2D eigenvalue weighted by Gasteiger charge is -2.25. The Hall–Kier alpha value is -3.87. The van der Waals surface area contributed by atoms with Gasteiger partial charge < -0.3 is 14.7 Å². The molecule has 7 heteroatoms. The van der Waals surface area contributed by atoms with Crippen LogP contribution in [0.1, 0.15) is 36.1 Å². The van der Waals surface area contributed by atoms with Crippen molar-refractivity contribution >= 4 is 17.4 Å². The number of rotatable bonds is 6. The lowest BCUT2D eigenvalue weighted by atomic mass is 9.94. The van der Waals surface area contributed by atoms with Crippen LogP contribution in [0.25, 0.3) is 5.76 Å². The maximum absolute atomic E-state index is 13.1. The minimum absolute atomic E-state index is 0.0743. The van der Waals surface area contributed by atoms with E-state index in [1.165, 1.54) is 0 Å². The normalized spacial score (nSPS) is 21.3. The Bertz CT molecular complexity index is 1220. The molecule has 7 nitrogen and oxygen atoms in total. The van der Waals surface area contributed by atoms with E-state index < -0.39 is 17.7 Å². The third kappa shape index (κ3) is 3.91. The molecule has 0 spiro atoms. The smallest absolute Gasteiger partial charge is 0.295 e. The summed E-state index contributed by atoms with van der Waals surface area (Å²) in [6.07, 6.45) is 7.09. The molecule has 2 unspecified atom stereocenters. The molecule has 1 fully saturated rings. The number of aromatic nitrogens is 2. The first-order valence-electron chi connectivity index (χ1n) is 11.2. The molecule has 0 saturated carbocycles. The fourth-order valence-electron chi connectivity index (χ4n) is 4.70. The van der Waals surface area contributed by atoms with Gasteiger partial charge in [-0.2, -0.15) is 0 Å². The van der Waals surface area contributed by atoms with Crippen molar-refractivity contribution in [3.63, 3.8) is 0 Å². The summed E-state index contributed by atoms with van der Waals surface area (Å²) in [5.41, 5.74) is 2.44. The lowest BCUT2D eigenvalue weighted by Crippen LogP contribution is -2.36. The molecular formula is C26H26N3O4+. The Labute approximate surface area is 191 Å². The number of aromatic amines is 1. The minimum Gasteiger partial charge on any atom is -0.507 e. The van der Waals surface area contributed by atoms with Gasteiger partial charge in [0.05, 0.1) is 18.2 Å². The Balaban J connectivity index is 1.51. The molecule has 1 amide bonds. The van der Waals surface area contributed by atoms with Gasteiger partial charge in [0.2, 0.25) is 6.33 Å². The van der Waals surface area contributed by atoms with E-state index in [4.69, 9.17) is 4.74 Å². The van der Waals surface area contributed by atoms with Crippen molar-refractivity contribution in [2.75, 3.05) is 6.54 Å². The van der Waals surface area contributed by atoms with Crippen LogP contribution in [0, 0.1) is 0 Å². The summed E-state index contributed by atoms with van der Waals surface area (Å²) in [6, 6.07) is 14.2. The molecule has 1 aromatic heterocycles. The van der Waals surface area contributed by atoms with Gasteiger partial charge in [0.1, 0.15) is 30.0 Å². The number of H-pyrrole nitrogens is 1. The lowest BCUT2D eigenvalue weighted by molar-refractivity contribution is -0.695. The highest BCUT2D eigenvalue weighted by Crippen LogP contribution is 2.40. The summed E-state index contributed by atoms with van der Waals surface area (Å²) in [5, 5.41) is 11.3. The molecule has 3 heterocycles. The maximum atomic E-state index is 13.1. The van der Waals surface area contributed by atoms with Crippen LogP contribution < -0.4 is 9.30 Å². The van der Waals surface area contributed by atoms with Gasteiger partial charge in [-0.3, -0.25) is 14.6 Å². The highest BCUT2D eigenvalue weighted by Gasteiger charge is 2.45. The molecule has 5 rings (SSSR count). The van der Waals surface area contributed by atoms with E-state index in [1.54, 1.807) is 11.0 Å². The van der Waals surface area contributed by atoms with Crippen molar-refractivity contribution in [3.05, 3.63) is 89.5 Å². The molecule has 0 radical (unpaired) electrons. The van der Waals surface area contributed by atoms with Crippen molar-refractivity contribution < 1.29 is 24.0 Å². The summed E-state index contributed by atoms with van der Waals surface area (Å²) < 4.78 is 7.74. The van der Waals surface area contributed by atoms with Crippen LogP contribution in [0.4, 0.5) is 0 Å². The number of ether oxygens (including phenoxy) is 1. The van der Waals surface area contributed by atoms with E-state index >= 15 is 0 Å². The van der Waals surface area contributed by atoms with E-state index in [0.29, 0.717) is 25.1 Å². The van der Waals surface area contributed by atoms with Gasteiger partial charge in [-0.05, 0) is 36.2 Å². The standard InChI is InChI=1S/C26H25N3O4/c1-17-14-20-15-19(8-9-21(20)33-17)24(30)22-23(18-6-3-2-4-7-18)29(26(32)25(22)31)12-5-11-28-13-10-27-16-28/h2-4,6-10,13,15-17,23H,5,11-12,14H2,1H3,(H,30,31)/p+1. The van der Waals surface area contributed by atoms with E-state index in [9.17, 15) is 14.7 Å². The number of fused-ring (bicyclic) bond motifs is 1. The Kier molecular flexibility index (Phi) is 5.46.